The van der Waals surface area contributed by atoms with Gasteiger partial charge in [0.05, 0.1) is 22.0 Å². The summed E-state index contributed by atoms with van der Waals surface area (Å²) in [6, 6.07) is 15.4. The van der Waals surface area contributed by atoms with Crippen LogP contribution in [-0.2, 0) is 22.7 Å². The lowest BCUT2D eigenvalue weighted by Crippen LogP contribution is -2.26. The van der Waals surface area contributed by atoms with E-state index >= 15 is 0 Å². The van der Waals surface area contributed by atoms with Crippen LogP contribution in [0.4, 0.5) is 0 Å². The van der Waals surface area contributed by atoms with E-state index in [1.54, 1.807) is 48.5 Å². The zero-order valence-electron chi connectivity index (χ0n) is 14.1. The maximum atomic E-state index is 12.5. The van der Waals surface area contributed by atoms with Gasteiger partial charge in [0.15, 0.2) is 12.4 Å². The van der Waals surface area contributed by atoms with Crippen molar-refractivity contribution < 1.29 is 14.3 Å². The fourth-order valence-corrected chi connectivity index (χ4v) is 2.63. The van der Waals surface area contributed by atoms with Crippen molar-refractivity contribution in [1.29, 1.82) is 5.26 Å². The smallest absolute Gasteiger partial charge is 0.344 e. The van der Waals surface area contributed by atoms with E-state index in [1.807, 2.05) is 6.07 Å². The zero-order chi connectivity index (χ0) is 19.2. The lowest BCUT2D eigenvalue weighted by atomic mass is 10.2. The molecule has 1 aromatic heterocycles. The van der Waals surface area contributed by atoms with E-state index in [0.717, 1.165) is 0 Å². The standard InChI is InChI=1S/C19H14ClN3O4/c20-14-6-2-4-8-16(14)26-12-18(24)27-11-17-22-15-7-3-1-5-13(15)19(25)23(17)10-9-21/h1-8H,10-12H2. The van der Waals surface area contributed by atoms with Crippen LogP contribution in [-0.4, -0.2) is 22.1 Å². The average molecular weight is 384 g/mol. The first-order chi connectivity index (χ1) is 13.1. The zero-order valence-corrected chi connectivity index (χ0v) is 14.8. The molecule has 0 saturated heterocycles. The van der Waals surface area contributed by atoms with Gasteiger partial charge in [-0.05, 0) is 24.3 Å². The average Bonchev–Trinajstić information content (AvgIpc) is 2.68. The molecule has 0 aliphatic carbocycles. The summed E-state index contributed by atoms with van der Waals surface area (Å²) in [5, 5.41) is 9.75. The Morgan fingerprint density at radius 1 is 1.19 bits per heavy atom. The number of ether oxygens (including phenoxy) is 2. The van der Waals surface area contributed by atoms with E-state index in [2.05, 4.69) is 4.98 Å². The van der Waals surface area contributed by atoms with Crippen LogP contribution < -0.4 is 10.3 Å². The summed E-state index contributed by atoms with van der Waals surface area (Å²) < 4.78 is 11.6. The van der Waals surface area contributed by atoms with Crippen molar-refractivity contribution in [3.05, 3.63) is 69.7 Å². The van der Waals surface area contributed by atoms with Gasteiger partial charge in [0, 0.05) is 0 Å². The van der Waals surface area contributed by atoms with E-state index in [1.165, 1.54) is 4.57 Å². The largest absolute Gasteiger partial charge is 0.480 e. The maximum absolute atomic E-state index is 12.5. The number of esters is 1. The summed E-state index contributed by atoms with van der Waals surface area (Å²) in [6.45, 7) is -0.800. The second-order valence-electron chi connectivity index (χ2n) is 5.47. The summed E-state index contributed by atoms with van der Waals surface area (Å²) in [4.78, 5) is 28.8. The molecule has 0 amide bonds. The number of nitriles is 1. The summed E-state index contributed by atoms with van der Waals surface area (Å²) >= 11 is 5.95. The summed E-state index contributed by atoms with van der Waals surface area (Å²) in [5.41, 5.74) is 0.107. The Morgan fingerprint density at radius 2 is 1.93 bits per heavy atom. The molecule has 1 heterocycles. The number of hydrogen-bond acceptors (Lipinski definition) is 6. The Hall–Kier alpha value is -3.37. The van der Waals surface area contributed by atoms with E-state index in [-0.39, 0.29) is 31.1 Å². The van der Waals surface area contributed by atoms with Crippen molar-refractivity contribution >= 4 is 28.5 Å². The monoisotopic (exact) mass is 383 g/mol. The summed E-state index contributed by atoms with van der Waals surface area (Å²) in [7, 11) is 0. The Bertz CT molecular complexity index is 1090. The molecule has 0 aliphatic rings. The molecule has 0 fully saturated rings. The van der Waals surface area contributed by atoms with Gasteiger partial charge in [-0.2, -0.15) is 5.26 Å². The van der Waals surface area contributed by atoms with Crippen LogP contribution in [0.1, 0.15) is 5.82 Å². The van der Waals surface area contributed by atoms with Crippen molar-refractivity contribution in [2.45, 2.75) is 13.2 Å². The molecule has 0 spiro atoms. The highest BCUT2D eigenvalue weighted by molar-refractivity contribution is 6.32. The Balaban J connectivity index is 1.73. The Morgan fingerprint density at radius 3 is 2.70 bits per heavy atom. The van der Waals surface area contributed by atoms with E-state index in [4.69, 9.17) is 26.3 Å². The number of benzene rings is 2. The molecule has 0 atom stereocenters. The number of fused-ring (bicyclic) bond motifs is 1. The minimum atomic E-state index is -0.652. The molecule has 0 aliphatic heterocycles. The Kier molecular flexibility index (Phi) is 5.69. The third-order valence-electron chi connectivity index (χ3n) is 3.71. The van der Waals surface area contributed by atoms with Crippen molar-refractivity contribution in [1.82, 2.24) is 9.55 Å². The minimum Gasteiger partial charge on any atom is -0.480 e. The first kappa shape index (κ1) is 18.4. The molecule has 136 valence electrons. The molecule has 8 heteroatoms. The number of aromatic nitrogens is 2. The van der Waals surface area contributed by atoms with Gasteiger partial charge in [-0.15, -0.1) is 0 Å². The highest BCUT2D eigenvalue weighted by Gasteiger charge is 2.13. The van der Waals surface area contributed by atoms with Gasteiger partial charge in [0.1, 0.15) is 18.9 Å². The van der Waals surface area contributed by atoms with Crippen LogP contribution >= 0.6 is 11.6 Å². The molecule has 0 saturated carbocycles. The molecule has 0 N–H and O–H groups in total. The van der Waals surface area contributed by atoms with Crippen LogP contribution in [0.3, 0.4) is 0 Å². The topological polar surface area (TPSA) is 94.2 Å². The van der Waals surface area contributed by atoms with Gasteiger partial charge in [-0.3, -0.25) is 9.36 Å². The summed E-state index contributed by atoms with van der Waals surface area (Å²) in [5.74, 6) is -0.103. The lowest BCUT2D eigenvalue weighted by molar-refractivity contribution is -0.147. The fraction of sp³-hybridized carbons (Fsp3) is 0.158. The first-order valence-electron chi connectivity index (χ1n) is 7.98. The van der Waals surface area contributed by atoms with Gasteiger partial charge in [-0.1, -0.05) is 35.9 Å². The lowest BCUT2D eigenvalue weighted by Gasteiger charge is -2.12. The molecular formula is C19H14ClN3O4. The molecule has 0 unspecified atom stereocenters. The van der Waals surface area contributed by atoms with Crippen LogP contribution in [0.15, 0.2) is 53.3 Å². The van der Waals surface area contributed by atoms with Crippen LogP contribution in [0.5, 0.6) is 5.75 Å². The molecule has 3 aromatic rings. The number of para-hydroxylation sites is 2. The second-order valence-corrected chi connectivity index (χ2v) is 5.88. The predicted molar refractivity (Wildman–Crippen MR) is 98.4 cm³/mol. The number of rotatable bonds is 6. The third-order valence-corrected chi connectivity index (χ3v) is 4.03. The third kappa shape index (κ3) is 4.25. The molecule has 0 radical (unpaired) electrons. The molecule has 3 rings (SSSR count). The van der Waals surface area contributed by atoms with Crippen LogP contribution in [0, 0.1) is 11.3 Å². The van der Waals surface area contributed by atoms with Crippen molar-refractivity contribution in [3.63, 3.8) is 0 Å². The van der Waals surface area contributed by atoms with Crippen LogP contribution in [0.2, 0.25) is 5.02 Å². The summed E-state index contributed by atoms with van der Waals surface area (Å²) in [6.07, 6.45) is 0. The SMILES string of the molecule is N#CCn1c(COC(=O)COc2ccccc2Cl)nc2ccccc2c1=O. The first-order valence-corrected chi connectivity index (χ1v) is 8.36. The van der Waals surface area contributed by atoms with E-state index in [9.17, 15) is 9.59 Å². The van der Waals surface area contributed by atoms with Gasteiger partial charge in [0.2, 0.25) is 0 Å². The number of hydrogen-bond donors (Lipinski definition) is 0. The number of halogens is 1. The highest BCUT2D eigenvalue weighted by Crippen LogP contribution is 2.22. The van der Waals surface area contributed by atoms with Gasteiger partial charge >= 0.3 is 5.97 Å². The second kappa shape index (κ2) is 8.34. The quantitative estimate of drug-likeness (QED) is 0.607. The van der Waals surface area contributed by atoms with Gasteiger partial charge in [-0.25, -0.2) is 9.78 Å². The highest BCUT2D eigenvalue weighted by atomic mass is 35.5. The molecule has 2 aromatic carbocycles. The molecule has 27 heavy (non-hydrogen) atoms. The normalized spacial score (nSPS) is 10.4. The van der Waals surface area contributed by atoms with E-state index < -0.39 is 5.97 Å². The maximum Gasteiger partial charge on any atom is 0.344 e. The van der Waals surface area contributed by atoms with Gasteiger partial charge in [0.25, 0.3) is 5.56 Å². The minimum absolute atomic E-state index is 0.186. The van der Waals surface area contributed by atoms with E-state index in [0.29, 0.717) is 21.7 Å². The fourth-order valence-electron chi connectivity index (χ4n) is 2.44. The van der Waals surface area contributed by atoms with Crippen molar-refractivity contribution in [3.8, 4) is 11.8 Å². The molecule has 0 bridgehead atoms. The van der Waals surface area contributed by atoms with Gasteiger partial charge < -0.3 is 9.47 Å². The number of carbonyl (C=O) groups excluding carboxylic acids is 1. The van der Waals surface area contributed by atoms with Crippen molar-refractivity contribution in [2.75, 3.05) is 6.61 Å². The number of nitrogens with zero attached hydrogens (tertiary/aromatic N) is 3. The predicted octanol–water partition coefficient (Wildman–Crippen LogP) is 2.70. The van der Waals surface area contributed by atoms with Crippen molar-refractivity contribution in [2.24, 2.45) is 0 Å². The Labute approximate surface area is 159 Å². The van der Waals surface area contributed by atoms with Crippen LogP contribution in [0.25, 0.3) is 10.9 Å². The molecule has 7 nitrogen and oxygen atoms in total. The number of carbonyl (C=O) groups is 1. The molecular weight excluding hydrogens is 370 g/mol.